The summed E-state index contributed by atoms with van der Waals surface area (Å²) < 4.78 is 14.9. The standard InChI is InChI=1S/C8H19O4P.Nd/c1-3-4-5-6-7-8(2)12-13(9,10)11;/h8H,3-7H2,1-2H3,(H2,9,10,11);. The molecule has 0 aliphatic rings. The molecule has 0 aromatic rings. The maximum atomic E-state index is 10.4. The van der Waals surface area contributed by atoms with Crippen LogP contribution in [0, 0.1) is 40.8 Å². The summed E-state index contributed by atoms with van der Waals surface area (Å²) in [4.78, 5) is 17.0. The first-order chi connectivity index (χ1) is 5.95. The van der Waals surface area contributed by atoms with Gasteiger partial charge in [0.1, 0.15) is 0 Å². The van der Waals surface area contributed by atoms with E-state index in [4.69, 9.17) is 9.79 Å². The monoisotopic (exact) mass is 352 g/mol. The third-order valence-electron chi connectivity index (χ3n) is 1.78. The van der Waals surface area contributed by atoms with Crippen molar-refractivity contribution in [2.24, 2.45) is 0 Å². The van der Waals surface area contributed by atoms with E-state index in [1.54, 1.807) is 6.92 Å². The van der Waals surface area contributed by atoms with Crippen LogP contribution in [0.1, 0.15) is 46.0 Å². The van der Waals surface area contributed by atoms with Crippen LogP contribution in [-0.2, 0) is 9.09 Å². The van der Waals surface area contributed by atoms with Crippen molar-refractivity contribution in [3.05, 3.63) is 0 Å². The summed E-state index contributed by atoms with van der Waals surface area (Å²) in [7, 11) is -4.28. The fourth-order valence-corrected chi connectivity index (χ4v) is 1.72. The average molecular weight is 354 g/mol. The summed E-state index contributed by atoms with van der Waals surface area (Å²) in [6, 6.07) is 0. The Labute approximate surface area is 119 Å². The first-order valence-corrected chi connectivity index (χ1v) is 6.22. The van der Waals surface area contributed by atoms with Crippen molar-refractivity contribution in [2.75, 3.05) is 0 Å². The number of unbranched alkanes of at least 4 members (excludes halogenated alkanes) is 3. The zero-order valence-corrected chi connectivity index (χ0v) is 12.9. The van der Waals surface area contributed by atoms with E-state index in [9.17, 15) is 4.57 Å². The molecule has 4 nitrogen and oxygen atoms in total. The Balaban J connectivity index is 0. The molecule has 0 heterocycles. The predicted molar refractivity (Wildman–Crippen MR) is 51.4 cm³/mol. The van der Waals surface area contributed by atoms with Gasteiger partial charge in [0.2, 0.25) is 0 Å². The van der Waals surface area contributed by atoms with Gasteiger partial charge in [0.25, 0.3) is 0 Å². The fourth-order valence-electron chi connectivity index (χ4n) is 1.15. The third kappa shape index (κ3) is 13.5. The van der Waals surface area contributed by atoms with Crippen molar-refractivity contribution < 1.29 is 59.7 Å². The average Bonchev–Trinajstić information content (AvgIpc) is 1.94. The summed E-state index contributed by atoms with van der Waals surface area (Å²) >= 11 is 0. The molecule has 0 aromatic heterocycles. The Hall–Kier alpha value is 1.46. The Morgan fingerprint density at radius 3 is 2.29 bits per heavy atom. The predicted octanol–water partition coefficient (Wildman–Crippen LogP) is 2.45. The van der Waals surface area contributed by atoms with Gasteiger partial charge in [-0.1, -0.05) is 32.6 Å². The van der Waals surface area contributed by atoms with Gasteiger partial charge in [0.05, 0.1) is 6.10 Å². The van der Waals surface area contributed by atoms with Crippen LogP contribution >= 0.6 is 7.82 Å². The molecule has 14 heavy (non-hydrogen) atoms. The Kier molecular flexibility index (Phi) is 12.3. The van der Waals surface area contributed by atoms with Gasteiger partial charge in [-0.05, 0) is 13.3 Å². The van der Waals surface area contributed by atoms with Crippen LogP contribution in [0.2, 0.25) is 0 Å². The van der Waals surface area contributed by atoms with Crippen LogP contribution in [0.15, 0.2) is 0 Å². The third-order valence-corrected chi connectivity index (χ3v) is 2.42. The summed E-state index contributed by atoms with van der Waals surface area (Å²) in [5.41, 5.74) is 0. The van der Waals surface area contributed by atoms with Gasteiger partial charge in [-0.15, -0.1) is 0 Å². The number of hydrogen-bond acceptors (Lipinski definition) is 2. The second kappa shape index (κ2) is 9.67. The van der Waals surface area contributed by atoms with Gasteiger partial charge >= 0.3 is 7.82 Å². The van der Waals surface area contributed by atoms with Gasteiger partial charge in [-0.25, -0.2) is 4.57 Å². The smallest absolute Gasteiger partial charge is 0.303 e. The molecule has 0 radical (unpaired) electrons. The molecule has 1 unspecified atom stereocenters. The molecule has 84 valence electrons. The maximum absolute atomic E-state index is 10.4. The van der Waals surface area contributed by atoms with Crippen molar-refractivity contribution in [3.63, 3.8) is 0 Å². The summed E-state index contributed by atoms with van der Waals surface area (Å²) in [5, 5.41) is 0. The first-order valence-electron chi connectivity index (χ1n) is 4.69. The SMILES string of the molecule is CCCCCCC(C)OP(=O)(O)O.[Nd]. The molecule has 0 spiro atoms. The van der Waals surface area contributed by atoms with Crippen LogP contribution in [0.3, 0.4) is 0 Å². The summed E-state index contributed by atoms with van der Waals surface area (Å²) in [5.74, 6) is 0. The zero-order chi connectivity index (χ0) is 10.3. The van der Waals surface area contributed by atoms with Crippen molar-refractivity contribution in [1.29, 1.82) is 0 Å². The Bertz CT molecular complexity index is 171. The Morgan fingerprint density at radius 2 is 1.86 bits per heavy atom. The van der Waals surface area contributed by atoms with Crippen molar-refractivity contribution in [1.82, 2.24) is 0 Å². The van der Waals surface area contributed by atoms with Gasteiger partial charge in [0, 0.05) is 40.8 Å². The second-order valence-electron chi connectivity index (χ2n) is 3.26. The molecule has 0 saturated heterocycles. The number of hydrogen-bond donors (Lipinski definition) is 2. The van der Waals surface area contributed by atoms with Gasteiger partial charge < -0.3 is 9.79 Å². The second-order valence-corrected chi connectivity index (χ2v) is 4.45. The number of phosphoric ester groups is 1. The van der Waals surface area contributed by atoms with E-state index in [-0.39, 0.29) is 46.9 Å². The molecule has 0 fully saturated rings. The maximum Gasteiger partial charge on any atom is 0.469 e. The molecule has 0 aromatic carbocycles. The van der Waals surface area contributed by atoms with Gasteiger partial charge in [0.15, 0.2) is 0 Å². The van der Waals surface area contributed by atoms with Crippen molar-refractivity contribution >= 4 is 7.82 Å². The molecule has 0 amide bonds. The molecule has 6 heteroatoms. The molecule has 0 aliphatic heterocycles. The molecule has 0 aliphatic carbocycles. The van der Waals surface area contributed by atoms with Crippen LogP contribution in [0.25, 0.3) is 0 Å². The number of rotatable bonds is 7. The minimum absolute atomic E-state index is 0. The minimum Gasteiger partial charge on any atom is -0.303 e. The summed E-state index contributed by atoms with van der Waals surface area (Å²) in [6.07, 6.45) is 4.76. The Morgan fingerprint density at radius 1 is 1.29 bits per heavy atom. The van der Waals surface area contributed by atoms with E-state index in [0.29, 0.717) is 6.42 Å². The van der Waals surface area contributed by atoms with E-state index in [2.05, 4.69) is 11.4 Å². The van der Waals surface area contributed by atoms with E-state index in [1.807, 2.05) is 0 Å². The van der Waals surface area contributed by atoms with Gasteiger partial charge in [-0.2, -0.15) is 0 Å². The summed E-state index contributed by atoms with van der Waals surface area (Å²) in [6.45, 7) is 3.81. The molecule has 0 bridgehead atoms. The van der Waals surface area contributed by atoms with Crippen LogP contribution < -0.4 is 0 Å². The number of phosphoric acid groups is 1. The molecule has 1 atom stereocenters. The molecule has 2 N–H and O–H groups in total. The van der Waals surface area contributed by atoms with E-state index < -0.39 is 7.82 Å². The molecular weight excluding hydrogens is 335 g/mol. The quantitative estimate of drug-likeness (QED) is 0.544. The van der Waals surface area contributed by atoms with Crippen molar-refractivity contribution in [2.45, 2.75) is 52.1 Å². The molecule has 0 rings (SSSR count). The van der Waals surface area contributed by atoms with E-state index >= 15 is 0 Å². The molecular formula is C8H19NdO4P. The largest absolute Gasteiger partial charge is 0.469 e. The fraction of sp³-hybridized carbons (Fsp3) is 1.00. The van der Waals surface area contributed by atoms with E-state index in [1.165, 1.54) is 6.42 Å². The van der Waals surface area contributed by atoms with Crippen LogP contribution in [-0.4, -0.2) is 15.9 Å². The van der Waals surface area contributed by atoms with Crippen LogP contribution in [0.4, 0.5) is 0 Å². The molecule has 0 saturated carbocycles. The minimum atomic E-state index is -4.28. The van der Waals surface area contributed by atoms with Crippen molar-refractivity contribution in [3.8, 4) is 0 Å². The normalized spacial score (nSPS) is 13.4. The first kappa shape index (κ1) is 17.8. The van der Waals surface area contributed by atoms with Gasteiger partial charge in [-0.3, -0.25) is 4.52 Å². The zero-order valence-electron chi connectivity index (χ0n) is 8.77. The topological polar surface area (TPSA) is 66.8 Å². The van der Waals surface area contributed by atoms with E-state index in [0.717, 1.165) is 19.3 Å². The van der Waals surface area contributed by atoms with Crippen LogP contribution in [0.5, 0.6) is 0 Å².